The lowest BCUT2D eigenvalue weighted by atomic mass is 10.0. The van der Waals surface area contributed by atoms with E-state index < -0.39 is 42.8 Å². The Balaban J connectivity index is 4.29. The first-order chi connectivity index (χ1) is 9.34. The molecule has 0 fully saturated rings. The Kier molecular flexibility index (Phi) is 9.26. The van der Waals surface area contributed by atoms with Crippen LogP contribution >= 0.6 is 0 Å². The van der Waals surface area contributed by atoms with Crippen LogP contribution in [0.25, 0.3) is 0 Å². The average Bonchev–Trinajstić information content (AvgIpc) is 2.44. The van der Waals surface area contributed by atoms with Crippen molar-refractivity contribution < 1.29 is 35.1 Å². The highest BCUT2D eigenvalue weighted by Gasteiger charge is 2.34. The largest absolute Gasteiger partial charge is 0.394 e. The van der Waals surface area contributed by atoms with Gasteiger partial charge in [-0.3, -0.25) is 14.9 Å². The molecule has 0 aliphatic heterocycles. The van der Waals surface area contributed by atoms with Crippen molar-refractivity contribution >= 4 is 11.8 Å². The lowest BCUT2D eigenvalue weighted by Gasteiger charge is -2.24. The molecule has 8 heteroatoms. The van der Waals surface area contributed by atoms with Crippen LogP contribution in [0.5, 0.6) is 0 Å². The summed E-state index contributed by atoms with van der Waals surface area (Å²) in [5.41, 5.74) is 0. The molecule has 4 atom stereocenters. The zero-order chi connectivity index (χ0) is 15.7. The molecule has 0 aliphatic carbocycles. The summed E-state index contributed by atoms with van der Waals surface area (Å²) in [6.07, 6.45) is -5.25. The summed E-state index contributed by atoms with van der Waals surface area (Å²) in [6.45, 7) is 1.11. The van der Waals surface area contributed by atoms with Crippen LogP contribution in [-0.2, 0) is 9.59 Å². The Labute approximate surface area is 117 Å². The maximum Gasteiger partial charge on any atom is 0.258 e. The van der Waals surface area contributed by atoms with E-state index in [0.29, 0.717) is 6.42 Å². The normalized spacial score (nSPS) is 17.1. The van der Waals surface area contributed by atoms with Gasteiger partial charge in [-0.25, -0.2) is 0 Å². The van der Waals surface area contributed by atoms with Gasteiger partial charge in [-0.1, -0.05) is 19.8 Å². The fourth-order valence-corrected chi connectivity index (χ4v) is 1.49. The van der Waals surface area contributed by atoms with Crippen molar-refractivity contribution in [1.82, 2.24) is 5.32 Å². The number of carbonyl (C=O) groups is 2. The minimum Gasteiger partial charge on any atom is -0.394 e. The molecule has 20 heavy (non-hydrogen) atoms. The zero-order valence-electron chi connectivity index (χ0n) is 11.4. The second-order valence-corrected chi connectivity index (χ2v) is 4.55. The van der Waals surface area contributed by atoms with Gasteiger partial charge in [-0.2, -0.15) is 0 Å². The molecule has 0 rings (SSSR count). The molecule has 118 valence electrons. The highest BCUT2D eigenvalue weighted by Crippen LogP contribution is 2.06. The van der Waals surface area contributed by atoms with Crippen LogP contribution in [0.3, 0.4) is 0 Å². The van der Waals surface area contributed by atoms with Crippen LogP contribution < -0.4 is 5.32 Å². The van der Waals surface area contributed by atoms with Gasteiger partial charge in [-0.15, -0.1) is 0 Å². The SMILES string of the molecule is CCCCCC(=O)NC(=O)[C@H](O)[C@@H](O)[C@H](O)[C@H](O)CO. The number of aliphatic hydroxyl groups excluding tert-OH is 5. The summed E-state index contributed by atoms with van der Waals surface area (Å²) in [5.74, 6) is -1.75. The third kappa shape index (κ3) is 6.40. The average molecular weight is 293 g/mol. The fourth-order valence-electron chi connectivity index (χ4n) is 1.49. The fraction of sp³-hybridized carbons (Fsp3) is 0.833. The predicted molar refractivity (Wildman–Crippen MR) is 68.4 cm³/mol. The molecule has 0 bridgehead atoms. The molecule has 0 saturated carbocycles. The Hall–Kier alpha value is -1.06. The molecule has 6 N–H and O–H groups in total. The summed E-state index contributed by atoms with van der Waals surface area (Å²) in [6, 6.07) is 0. The second kappa shape index (κ2) is 9.78. The smallest absolute Gasteiger partial charge is 0.258 e. The molecule has 8 nitrogen and oxygen atoms in total. The molecule has 0 aromatic rings. The van der Waals surface area contributed by atoms with Crippen molar-refractivity contribution in [2.24, 2.45) is 0 Å². The third-order valence-electron chi connectivity index (χ3n) is 2.79. The molecular formula is C12H23NO7. The molecule has 0 aromatic heterocycles. The van der Waals surface area contributed by atoms with Crippen LogP contribution in [0.4, 0.5) is 0 Å². The molecule has 2 amide bonds. The second-order valence-electron chi connectivity index (χ2n) is 4.55. The number of unbranched alkanes of at least 4 members (excludes halogenated alkanes) is 2. The predicted octanol–water partition coefficient (Wildman–Crippen LogP) is -2.35. The van der Waals surface area contributed by atoms with E-state index in [1.54, 1.807) is 0 Å². The number of aliphatic hydroxyl groups is 5. The Morgan fingerprint density at radius 2 is 1.65 bits per heavy atom. The van der Waals surface area contributed by atoms with E-state index in [4.69, 9.17) is 10.2 Å². The van der Waals surface area contributed by atoms with E-state index in [2.05, 4.69) is 0 Å². The number of nitrogens with one attached hydrogen (secondary N) is 1. The Morgan fingerprint density at radius 3 is 2.15 bits per heavy atom. The molecule has 0 aliphatic rings. The van der Waals surface area contributed by atoms with Crippen molar-refractivity contribution in [1.29, 1.82) is 0 Å². The molecule has 0 saturated heterocycles. The van der Waals surface area contributed by atoms with Crippen LogP contribution in [0.15, 0.2) is 0 Å². The topological polar surface area (TPSA) is 147 Å². The standard InChI is InChI=1S/C12H23NO7/c1-2-3-4-5-8(16)13-12(20)11(19)10(18)9(17)7(15)6-14/h7,9-11,14-15,17-19H,2-6H2,1H3,(H,13,16,20)/t7-,9-,10+,11-/m1/s1. The van der Waals surface area contributed by atoms with Gasteiger partial charge in [-0.05, 0) is 6.42 Å². The highest BCUT2D eigenvalue weighted by atomic mass is 16.4. The van der Waals surface area contributed by atoms with Gasteiger partial charge in [0.2, 0.25) is 5.91 Å². The van der Waals surface area contributed by atoms with E-state index in [1.165, 1.54) is 0 Å². The summed E-state index contributed by atoms with van der Waals surface area (Å²) in [4.78, 5) is 22.8. The number of carbonyl (C=O) groups excluding carboxylic acids is 2. The van der Waals surface area contributed by atoms with Crippen LogP contribution in [0, 0.1) is 0 Å². The molecule has 0 spiro atoms. The number of hydrogen-bond acceptors (Lipinski definition) is 7. The number of hydrogen-bond donors (Lipinski definition) is 6. The zero-order valence-corrected chi connectivity index (χ0v) is 11.4. The van der Waals surface area contributed by atoms with E-state index >= 15 is 0 Å². The van der Waals surface area contributed by atoms with Crippen molar-refractivity contribution in [3.8, 4) is 0 Å². The van der Waals surface area contributed by atoms with Crippen molar-refractivity contribution in [2.45, 2.75) is 57.0 Å². The maximum atomic E-state index is 11.4. The van der Waals surface area contributed by atoms with Gasteiger partial charge in [0.25, 0.3) is 5.91 Å². The van der Waals surface area contributed by atoms with E-state index in [1.807, 2.05) is 12.2 Å². The van der Waals surface area contributed by atoms with Gasteiger partial charge in [0, 0.05) is 6.42 Å². The van der Waals surface area contributed by atoms with Crippen molar-refractivity contribution in [3.63, 3.8) is 0 Å². The number of rotatable bonds is 9. The van der Waals surface area contributed by atoms with E-state index in [-0.39, 0.29) is 6.42 Å². The summed E-state index contributed by atoms with van der Waals surface area (Å²) >= 11 is 0. The van der Waals surface area contributed by atoms with Crippen LogP contribution in [0.1, 0.15) is 32.6 Å². The van der Waals surface area contributed by atoms with Gasteiger partial charge in [0.1, 0.15) is 18.3 Å². The first kappa shape index (κ1) is 18.9. The summed E-state index contributed by atoms with van der Waals surface area (Å²) < 4.78 is 0. The third-order valence-corrected chi connectivity index (χ3v) is 2.79. The quantitative estimate of drug-likeness (QED) is 0.261. The molecule has 0 heterocycles. The van der Waals surface area contributed by atoms with E-state index in [9.17, 15) is 24.9 Å². The van der Waals surface area contributed by atoms with Crippen molar-refractivity contribution in [3.05, 3.63) is 0 Å². The van der Waals surface area contributed by atoms with Gasteiger partial charge >= 0.3 is 0 Å². The number of imide groups is 1. The van der Waals surface area contributed by atoms with Gasteiger partial charge in [0.05, 0.1) is 6.61 Å². The lowest BCUT2D eigenvalue weighted by Crippen LogP contribution is -2.52. The summed E-state index contributed by atoms with van der Waals surface area (Å²) in [5, 5.41) is 47.8. The molecular weight excluding hydrogens is 270 g/mol. The maximum absolute atomic E-state index is 11.4. The number of amides is 2. The monoisotopic (exact) mass is 293 g/mol. The van der Waals surface area contributed by atoms with Crippen molar-refractivity contribution in [2.75, 3.05) is 6.61 Å². The Morgan fingerprint density at radius 1 is 1.05 bits per heavy atom. The first-order valence-corrected chi connectivity index (χ1v) is 6.51. The van der Waals surface area contributed by atoms with E-state index in [0.717, 1.165) is 12.8 Å². The minimum absolute atomic E-state index is 0.115. The molecule has 0 radical (unpaired) electrons. The Bertz CT molecular complexity index is 310. The van der Waals surface area contributed by atoms with Gasteiger partial charge in [0.15, 0.2) is 6.10 Å². The van der Waals surface area contributed by atoms with Crippen LogP contribution in [-0.4, -0.2) is 68.4 Å². The summed E-state index contributed by atoms with van der Waals surface area (Å²) in [7, 11) is 0. The van der Waals surface area contributed by atoms with Crippen LogP contribution in [0.2, 0.25) is 0 Å². The molecule has 0 unspecified atom stereocenters. The first-order valence-electron chi connectivity index (χ1n) is 6.51. The molecule has 0 aromatic carbocycles. The minimum atomic E-state index is -2.08. The lowest BCUT2D eigenvalue weighted by molar-refractivity contribution is -0.151. The highest BCUT2D eigenvalue weighted by molar-refractivity contribution is 5.97. The van der Waals surface area contributed by atoms with Gasteiger partial charge < -0.3 is 25.5 Å².